The lowest BCUT2D eigenvalue weighted by Gasteiger charge is -2.00. The molecule has 2 rings (SSSR count). The minimum Gasteiger partial charge on any atom is -0.477 e. The molecule has 6 heteroatoms. The van der Waals surface area contributed by atoms with E-state index in [-0.39, 0.29) is 5.56 Å². The fraction of sp³-hybridized carbons (Fsp3) is 0. The number of carboxylic acid groups (broad SMARTS) is 1. The van der Waals surface area contributed by atoms with Crippen LogP contribution in [0.25, 0.3) is 11.3 Å². The summed E-state index contributed by atoms with van der Waals surface area (Å²) in [4.78, 5) is 20.8. The summed E-state index contributed by atoms with van der Waals surface area (Å²) >= 11 is 0. The molecule has 6 nitrogen and oxygen atoms in total. The van der Waals surface area contributed by atoms with Gasteiger partial charge in [-0.05, 0) is 24.3 Å². The number of nitrogens with zero attached hydrogens (tertiary/aromatic N) is 1. The topological polar surface area (TPSA) is 93.6 Å². The SMILES string of the molecule is O=C(O)c1ccc(-c2ccco2)cc1[N+](=O)[O-]. The number of nitro benzene ring substituents is 1. The van der Waals surface area contributed by atoms with E-state index < -0.39 is 16.6 Å². The summed E-state index contributed by atoms with van der Waals surface area (Å²) in [5, 5.41) is 19.6. The minimum absolute atomic E-state index is 0.342. The third-order valence-electron chi connectivity index (χ3n) is 2.23. The first-order valence-corrected chi connectivity index (χ1v) is 4.65. The Balaban J connectivity index is 2.57. The Labute approximate surface area is 95.3 Å². The van der Waals surface area contributed by atoms with E-state index in [1.165, 1.54) is 24.5 Å². The van der Waals surface area contributed by atoms with E-state index in [9.17, 15) is 14.9 Å². The van der Waals surface area contributed by atoms with Crippen molar-refractivity contribution in [1.29, 1.82) is 0 Å². The molecule has 0 radical (unpaired) electrons. The predicted octanol–water partition coefficient (Wildman–Crippen LogP) is 2.55. The van der Waals surface area contributed by atoms with Crippen LogP contribution in [0.4, 0.5) is 5.69 Å². The van der Waals surface area contributed by atoms with Crippen molar-refractivity contribution in [3.63, 3.8) is 0 Å². The molecule has 0 saturated heterocycles. The van der Waals surface area contributed by atoms with Gasteiger partial charge in [-0.15, -0.1) is 0 Å². The van der Waals surface area contributed by atoms with Crippen molar-refractivity contribution < 1.29 is 19.2 Å². The monoisotopic (exact) mass is 233 g/mol. The third-order valence-corrected chi connectivity index (χ3v) is 2.23. The Bertz CT molecular complexity index is 574. The highest BCUT2D eigenvalue weighted by Gasteiger charge is 2.20. The van der Waals surface area contributed by atoms with Gasteiger partial charge in [0.25, 0.3) is 5.69 Å². The first-order chi connectivity index (χ1) is 8.09. The van der Waals surface area contributed by atoms with Gasteiger partial charge in [0.1, 0.15) is 11.3 Å². The second kappa shape index (κ2) is 4.09. The fourth-order valence-electron chi connectivity index (χ4n) is 1.46. The summed E-state index contributed by atoms with van der Waals surface area (Å²) in [6.45, 7) is 0. The van der Waals surface area contributed by atoms with Gasteiger partial charge in [-0.1, -0.05) is 0 Å². The van der Waals surface area contributed by atoms with E-state index in [1.54, 1.807) is 12.1 Å². The van der Waals surface area contributed by atoms with Crippen LogP contribution in [0, 0.1) is 10.1 Å². The van der Waals surface area contributed by atoms with E-state index in [2.05, 4.69) is 0 Å². The molecule has 1 N–H and O–H groups in total. The molecule has 86 valence electrons. The molecule has 1 aromatic heterocycles. The number of rotatable bonds is 3. The average Bonchev–Trinajstić information content (AvgIpc) is 2.81. The summed E-state index contributed by atoms with van der Waals surface area (Å²) in [5.41, 5.74) is -0.330. The van der Waals surface area contributed by atoms with Gasteiger partial charge in [-0.2, -0.15) is 0 Å². The Morgan fingerprint density at radius 2 is 2.12 bits per heavy atom. The summed E-state index contributed by atoms with van der Waals surface area (Å²) in [6.07, 6.45) is 1.44. The zero-order valence-electron chi connectivity index (χ0n) is 8.49. The maximum absolute atomic E-state index is 10.8. The smallest absolute Gasteiger partial charge is 0.342 e. The lowest BCUT2D eigenvalue weighted by atomic mass is 10.1. The molecule has 17 heavy (non-hydrogen) atoms. The van der Waals surface area contributed by atoms with E-state index in [0.29, 0.717) is 11.3 Å². The van der Waals surface area contributed by atoms with Crippen LogP contribution in [0.3, 0.4) is 0 Å². The highest BCUT2D eigenvalue weighted by molar-refractivity contribution is 5.93. The molecule has 0 aliphatic rings. The lowest BCUT2D eigenvalue weighted by molar-refractivity contribution is -0.385. The van der Waals surface area contributed by atoms with E-state index >= 15 is 0 Å². The van der Waals surface area contributed by atoms with Crippen LogP contribution in [-0.2, 0) is 0 Å². The number of carbonyl (C=O) groups is 1. The number of carboxylic acids is 1. The molecule has 0 saturated carbocycles. The Kier molecular flexibility index (Phi) is 2.61. The molecule has 1 heterocycles. The second-order valence-corrected chi connectivity index (χ2v) is 3.27. The van der Waals surface area contributed by atoms with Crippen LogP contribution in [0.15, 0.2) is 41.0 Å². The Hall–Kier alpha value is -2.63. The quantitative estimate of drug-likeness (QED) is 0.649. The largest absolute Gasteiger partial charge is 0.477 e. The molecule has 0 fully saturated rings. The molecule has 0 amide bonds. The standard InChI is InChI=1S/C11H7NO5/c13-11(14)8-4-3-7(6-9(8)12(15)16)10-2-1-5-17-10/h1-6H,(H,13,14). The molecule has 0 spiro atoms. The third kappa shape index (κ3) is 2.00. The molecular formula is C11H7NO5. The number of furan rings is 1. The van der Waals surface area contributed by atoms with Gasteiger partial charge >= 0.3 is 5.97 Å². The molecule has 2 aromatic rings. The van der Waals surface area contributed by atoms with Gasteiger partial charge < -0.3 is 9.52 Å². The summed E-state index contributed by atoms with van der Waals surface area (Å²) < 4.78 is 5.08. The number of hydrogen-bond donors (Lipinski definition) is 1. The van der Waals surface area contributed by atoms with Crippen molar-refractivity contribution >= 4 is 11.7 Å². The van der Waals surface area contributed by atoms with Crippen molar-refractivity contribution in [1.82, 2.24) is 0 Å². The van der Waals surface area contributed by atoms with Crippen molar-refractivity contribution in [2.75, 3.05) is 0 Å². The predicted molar refractivity (Wildman–Crippen MR) is 57.8 cm³/mol. The number of aromatic carboxylic acids is 1. The number of hydrogen-bond acceptors (Lipinski definition) is 4. The molecular weight excluding hydrogens is 226 g/mol. The summed E-state index contributed by atoms with van der Waals surface area (Å²) in [7, 11) is 0. The molecule has 0 atom stereocenters. The van der Waals surface area contributed by atoms with Gasteiger partial charge in [-0.3, -0.25) is 10.1 Å². The first kappa shape index (κ1) is 10.9. The lowest BCUT2D eigenvalue weighted by Crippen LogP contribution is -2.02. The van der Waals surface area contributed by atoms with Crippen molar-refractivity contribution in [3.05, 3.63) is 52.3 Å². The zero-order chi connectivity index (χ0) is 12.4. The normalized spacial score (nSPS) is 10.1. The van der Waals surface area contributed by atoms with Crippen molar-refractivity contribution in [2.45, 2.75) is 0 Å². The van der Waals surface area contributed by atoms with Crippen molar-refractivity contribution in [3.8, 4) is 11.3 Å². The Morgan fingerprint density at radius 1 is 1.35 bits per heavy atom. The molecule has 0 bridgehead atoms. The number of benzene rings is 1. The minimum atomic E-state index is -1.33. The highest BCUT2D eigenvalue weighted by Crippen LogP contribution is 2.27. The molecule has 1 aromatic carbocycles. The molecule has 0 aliphatic carbocycles. The molecule has 0 aliphatic heterocycles. The summed E-state index contributed by atoms with van der Waals surface area (Å²) in [6, 6.07) is 7.13. The number of nitro groups is 1. The van der Waals surface area contributed by atoms with Crippen molar-refractivity contribution in [2.24, 2.45) is 0 Å². The van der Waals surface area contributed by atoms with Crippen LogP contribution in [0.2, 0.25) is 0 Å². The maximum atomic E-state index is 10.8. The van der Waals surface area contributed by atoms with Crippen LogP contribution >= 0.6 is 0 Å². The average molecular weight is 233 g/mol. The highest BCUT2D eigenvalue weighted by atomic mass is 16.6. The van der Waals surface area contributed by atoms with Gasteiger partial charge in [0.2, 0.25) is 0 Å². The summed E-state index contributed by atoms with van der Waals surface area (Å²) in [5.74, 6) is -0.882. The van der Waals surface area contributed by atoms with Crippen LogP contribution in [0.5, 0.6) is 0 Å². The van der Waals surface area contributed by atoms with Crippen LogP contribution < -0.4 is 0 Å². The van der Waals surface area contributed by atoms with E-state index in [4.69, 9.17) is 9.52 Å². The second-order valence-electron chi connectivity index (χ2n) is 3.27. The fourth-order valence-corrected chi connectivity index (χ4v) is 1.46. The van der Waals surface area contributed by atoms with Crippen LogP contribution in [0.1, 0.15) is 10.4 Å². The van der Waals surface area contributed by atoms with Gasteiger partial charge in [0, 0.05) is 11.6 Å². The van der Waals surface area contributed by atoms with Crippen LogP contribution in [-0.4, -0.2) is 16.0 Å². The molecule has 0 unspecified atom stereocenters. The first-order valence-electron chi connectivity index (χ1n) is 4.65. The van der Waals surface area contributed by atoms with E-state index in [0.717, 1.165) is 0 Å². The maximum Gasteiger partial charge on any atom is 0.342 e. The van der Waals surface area contributed by atoms with Gasteiger partial charge in [0.15, 0.2) is 0 Å². The van der Waals surface area contributed by atoms with Gasteiger partial charge in [-0.25, -0.2) is 4.79 Å². The Morgan fingerprint density at radius 3 is 2.65 bits per heavy atom. The van der Waals surface area contributed by atoms with Gasteiger partial charge in [0.05, 0.1) is 11.2 Å². The van der Waals surface area contributed by atoms with E-state index in [1.807, 2.05) is 0 Å². The zero-order valence-corrected chi connectivity index (χ0v) is 8.49.